The molecule has 3 aromatic rings. The minimum atomic E-state index is -3.57. The summed E-state index contributed by atoms with van der Waals surface area (Å²) in [7, 11) is -3.57. The molecule has 0 atom stereocenters. The van der Waals surface area contributed by atoms with E-state index in [1.807, 2.05) is 0 Å². The average Bonchev–Trinajstić information content (AvgIpc) is 3.24. The number of rotatable bonds is 7. The summed E-state index contributed by atoms with van der Waals surface area (Å²) < 4.78 is 37.5. The number of hydrogen-bond donors (Lipinski definition) is 1. The number of aromatic nitrogens is 2. The zero-order chi connectivity index (χ0) is 17.0. The van der Waals surface area contributed by atoms with E-state index >= 15 is 0 Å². The van der Waals surface area contributed by atoms with Crippen molar-refractivity contribution in [3.05, 3.63) is 47.0 Å². The van der Waals surface area contributed by atoms with Crippen molar-refractivity contribution in [1.29, 1.82) is 0 Å². The van der Waals surface area contributed by atoms with Crippen LogP contribution in [-0.4, -0.2) is 31.8 Å². The normalized spacial score (nSPS) is 11.5. The Hall–Kier alpha value is -1.94. The first kappa shape index (κ1) is 16.9. The van der Waals surface area contributed by atoms with Crippen molar-refractivity contribution in [1.82, 2.24) is 14.9 Å². The summed E-state index contributed by atoms with van der Waals surface area (Å²) in [5.41, 5.74) is 0.586. The molecule has 0 unspecified atom stereocenters. The van der Waals surface area contributed by atoms with Crippen molar-refractivity contribution < 1.29 is 17.6 Å². The van der Waals surface area contributed by atoms with Gasteiger partial charge in [0.1, 0.15) is 16.5 Å². The van der Waals surface area contributed by atoms with Crippen LogP contribution in [0.3, 0.4) is 0 Å². The Morgan fingerprint density at radius 3 is 2.71 bits per heavy atom. The fourth-order valence-corrected chi connectivity index (χ4v) is 4.34. The van der Waals surface area contributed by atoms with Gasteiger partial charge in [-0.25, -0.2) is 13.1 Å². The Morgan fingerprint density at radius 2 is 2.08 bits per heavy atom. The maximum atomic E-state index is 12.0. The first-order valence-corrected chi connectivity index (χ1v) is 9.48. The van der Waals surface area contributed by atoms with Crippen LogP contribution in [0.5, 0.6) is 5.88 Å². The lowest BCUT2D eigenvalue weighted by Gasteiger charge is -2.06. The summed E-state index contributed by atoms with van der Waals surface area (Å²) in [6, 6.07) is 9.87. The van der Waals surface area contributed by atoms with Crippen LogP contribution in [-0.2, 0) is 10.0 Å². The van der Waals surface area contributed by atoms with E-state index in [-0.39, 0.29) is 17.4 Å². The third-order valence-corrected chi connectivity index (χ3v) is 6.06. The Balaban J connectivity index is 1.50. The molecule has 0 radical (unpaired) electrons. The van der Waals surface area contributed by atoms with Crippen LogP contribution in [0, 0.1) is 0 Å². The van der Waals surface area contributed by atoms with Gasteiger partial charge in [-0.3, -0.25) is 0 Å². The van der Waals surface area contributed by atoms with Gasteiger partial charge < -0.3 is 9.15 Å². The van der Waals surface area contributed by atoms with Gasteiger partial charge in [-0.15, -0.1) is 21.5 Å². The number of nitrogens with one attached hydrogen (secondary N) is 1. The zero-order valence-electron chi connectivity index (χ0n) is 12.2. The average molecular weight is 386 g/mol. The van der Waals surface area contributed by atoms with Crippen LogP contribution in [0.15, 0.2) is 51.3 Å². The molecule has 3 aromatic heterocycles. The molecule has 0 saturated carbocycles. The van der Waals surface area contributed by atoms with Gasteiger partial charge in [0.2, 0.25) is 15.9 Å². The van der Waals surface area contributed by atoms with Crippen molar-refractivity contribution in [2.75, 3.05) is 13.2 Å². The third-order valence-electron chi connectivity index (χ3n) is 2.87. The van der Waals surface area contributed by atoms with Crippen LogP contribution in [0.1, 0.15) is 0 Å². The van der Waals surface area contributed by atoms with E-state index in [4.69, 9.17) is 20.8 Å². The number of thiophene rings is 1. The molecule has 0 bridgehead atoms. The second-order valence-electron chi connectivity index (χ2n) is 4.54. The summed E-state index contributed by atoms with van der Waals surface area (Å²) >= 11 is 6.73. The molecule has 126 valence electrons. The molecule has 0 amide bonds. The van der Waals surface area contributed by atoms with Gasteiger partial charge in [0.15, 0.2) is 5.76 Å². The van der Waals surface area contributed by atoms with E-state index in [9.17, 15) is 8.42 Å². The van der Waals surface area contributed by atoms with Crippen LogP contribution in [0.25, 0.3) is 11.5 Å². The molecular formula is C14H12ClN3O4S2. The van der Waals surface area contributed by atoms with Gasteiger partial charge >= 0.3 is 0 Å². The lowest BCUT2D eigenvalue weighted by atomic mass is 10.3. The standard InChI is InChI=1S/C14H12ClN3O4S2/c15-12-4-6-14(23-12)24(19,20)16-7-9-22-13-5-3-10(17-18-13)11-2-1-8-21-11/h1-6,8,16H,7,9H2. The molecule has 0 aromatic carbocycles. The molecule has 0 aliphatic rings. The van der Waals surface area contributed by atoms with Crippen molar-refractivity contribution in [2.24, 2.45) is 0 Å². The number of hydrogen-bond acceptors (Lipinski definition) is 7. The highest BCUT2D eigenvalue weighted by molar-refractivity contribution is 7.91. The Bertz CT molecular complexity index is 893. The van der Waals surface area contributed by atoms with Gasteiger partial charge in [-0.1, -0.05) is 11.6 Å². The van der Waals surface area contributed by atoms with Gasteiger partial charge in [-0.05, 0) is 30.3 Å². The summed E-state index contributed by atoms with van der Waals surface area (Å²) in [5, 5.41) is 7.88. The highest BCUT2D eigenvalue weighted by Gasteiger charge is 2.15. The quantitative estimate of drug-likeness (QED) is 0.628. The fraction of sp³-hybridized carbons (Fsp3) is 0.143. The molecule has 3 heterocycles. The predicted octanol–water partition coefficient (Wildman–Crippen LogP) is 2.81. The molecule has 0 aliphatic heterocycles. The predicted molar refractivity (Wildman–Crippen MR) is 89.7 cm³/mol. The number of sulfonamides is 1. The van der Waals surface area contributed by atoms with E-state index in [2.05, 4.69) is 14.9 Å². The van der Waals surface area contributed by atoms with Crippen molar-refractivity contribution >= 4 is 33.0 Å². The van der Waals surface area contributed by atoms with Gasteiger partial charge in [0, 0.05) is 12.6 Å². The van der Waals surface area contributed by atoms with Crippen molar-refractivity contribution in [2.45, 2.75) is 4.21 Å². The highest BCUT2D eigenvalue weighted by Crippen LogP contribution is 2.25. The molecule has 24 heavy (non-hydrogen) atoms. The molecule has 0 spiro atoms. The maximum Gasteiger partial charge on any atom is 0.250 e. The van der Waals surface area contributed by atoms with Crippen LogP contribution in [0.4, 0.5) is 0 Å². The number of nitrogens with zero attached hydrogens (tertiary/aromatic N) is 2. The molecule has 3 rings (SSSR count). The molecule has 0 fully saturated rings. The molecule has 1 N–H and O–H groups in total. The van der Waals surface area contributed by atoms with E-state index in [0.717, 1.165) is 11.3 Å². The SMILES string of the molecule is O=S(=O)(NCCOc1ccc(-c2ccco2)nn1)c1ccc(Cl)s1. The van der Waals surface area contributed by atoms with E-state index in [1.165, 1.54) is 12.1 Å². The number of halogens is 1. The van der Waals surface area contributed by atoms with Crippen molar-refractivity contribution in [3.8, 4) is 17.3 Å². The molecule has 0 saturated heterocycles. The second-order valence-corrected chi connectivity index (χ2v) is 8.25. The topological polar surface area (TPSA) is 94.3 Å². The molecule has 7 nitrogen and oxygen atoms in total. The van der Waals surface area contributed by atoms with E-state index in [1.54, 1.807) is 30.5 Å². The summed E-state index contributed by atoms with van der Waals surface area (Å²) in [5.74, 6) is 0.903. The largest absolute Gasteiger partial charge is 0.475 e. The minimum absolute atomic E-state index is 0.0967. The van der Waals surface area contributed by atoms with Gasteiger partial charge in [0.25, 0.3) is 0 Å². The Morgan fingerprint density at radius 1 is 1.21 bits per heavy atom. The lowest BCUT2D eigenvalue weighted by molar-refractivity contribution is 0.307. The first-order valence-electron chi connectivity index (χ1n) is 6.80. The molecular weight excluding hydrogens is 374 g/mol. The second kappa shape index (κ2) is 7.31. The first-order chi connectivity index (χ1) is 11.5. The van der Waals surface area contributed by atoms with Crippen molar-refractivity contribution in [3.63, 3.8) is 0 Å². The Kier molecular flexibility index (Phi) is 5.14. The highest BCUT2D eigenvalue weighted by atomic mass is 35.5. The van der Waals surface area contributed by atoms with Gasteiger partial charge in [0.05, 0.1) is 10.6 Å². The number of ether oxygens (including phenoxy) is 1. The molecule has 0 aliphatic carbocycles. The Labute approximate surface area is 147 Å². The van der Waals surface area contributed by atoms with E-state index in [0.29, 0.717) is 21.7 Å². The monoisotopic (exact) mass is 385 g/mol. The van der Waals surface area contributed by atoms with Crippen LogP contribution in [0.2, 0.25) is 4.34 Å². The summed E-state index contributed by atoms with van der Waals surface area (Å²) in [4.78, 5) is 0. The maximum absolute atomic E-state index is 12.0. The third kappa shape index (κ3) is 4.12. The van der Waals surface area contributed by atoms with Crippen LogP contribution < -0.4 is 9.46 Å². The van der Waals surface area contributed by atoms with Gasteiger partial charge in [-0.2, -0.15) is 0 Å². The summed E-state index contributed by atoms with van der Waals surface area (Å²) in [6.07, 6.45) is 1.55. The zero-order valence-corrected chi connectivity index (χ0v) is 14.6. The van der Waals surface area contributed by atoms with E-state index < -0.39 is 10.0 Å². The lowest BCUT2D eigenvalue weighted by Crippen LogP contribution is -2.27. The minimum Gasteiger partial charge on any atom is -0.475 e. The molecule has 10 heteroatoms. The summed E-state index contributed by atoms with van der Waals surface area (Å²) in [6.45, 7) is 0.215. The van der Waals surface area contributed by atoms with Crippen LogP contribution >= 0.6 is 22.9 Å². The number of furan rings is 1. The smallest absolute Gasteiger partial charge is 0.250 e. The fourth-order valence-electron chi connectivity index (χ4n) is 1.80.